The Balaban J connectivity index is 1.57. The van der Waals surface area contributed by atoms with Crippen molar-refractivity contribution in [2.75, 3.05) is 7.11 Å². The van der Waals surface area contributed by atoms with E-state index in [4.69, 9.17) is 9.47 Å². The highest BCUT2D eigenvalue weighted by molar-refractivity contribution is 14.1. The van der Waals surface area contributed by atoms with E-state index in [0.29, 0.717) is 31.1 Å². The lowest BCUT2D eigenvalue weighted by Crippen LogP contribution is -2.27. The summed E-state index contributed by atoms with van der Waals surface area (Å²) in [5.41, 5.74) is 3.02. The van der Waals surface area contributed by atoms with Crippen molar-refractivity contribution in [3.05, 3.63) is 97.5 Å². The van der Waals surface area contributed by atoms with Crippen molar-refractivity contribution < 1.29 is 23.9 Å². The number of esters is 1. The van der Waals surface area contributed by atoms with E-state index in [1.54, 1.807) is 42.5 Å². The monoisotopic (exact) mass is 585 g/mol. The molecule has 1 aliphatic rings. The Kier molecular flexibility index (Phi) is 7.38. The predicted octanol–water partition coefficient (Wildman–Crippen LogP) is 6.06. The van der Waals surface area contributed by atoms with Gasteiger partial charge < -0.3 is 9.47 Å². The molecule has 0 spiro atoms. The molecule has 1 saturated heterocycles. The summed E-state index contributed by atoms with van der Waals surface area (Å²) in [7, 11) is 1.48. The zero-order chi connectivity index (χ0) is 24.2. The van der Waals surface area contributed by atoms with Gasteiger partial charge in [0, 0.05) is 0 Å². The van der Waals surface area contributed by atoms with Crippen molar-refractivity contribution in [2.45, 2.75) is 13.5 Å². The van der Waals surface area contributed by atoms with Crippen LogP contribution in [-0.2, 0) is 11.3 Å². The number of thioether (sulfide) groups is 1. The molecule has 0 radical (unpaired) electrons. The topological polar surface area (TPSA) is 72.9 Å². The smallest absolute Gasteiger partial charge is 0.343 e. The van der Waals surface area contributed by atoms with Crippen LogP contribution >= 0.6 is 34.4 Å². The predicted molar refractivity (Wildman–Crippen MR) is 140 cm³/mol. The van der Waals surface area contributed by atoms with Crippen molar-refractivity contribution >= 4 is 57.5 Å². The van der Waals surface area contributed by atoms with Gasteiger partial charge in [0.05, 0.1) is 27.7 Å². The molecule has 3 aromatic carbocycles. The Labute approximate surface area is 215 Å². The van der Waals surface area contributed by atoms with E-state index >= 15 is 0 Å². The number of imide groups is 1. The second-order valence-electron chi connectivity index (χ2n) is 7.48. The molecule has 4 rings (SSSR count). The van der Waals surface area contributed by atoms with Crippen LogP contribution in [0.3, 0.4) is 0 Å². The van der Waals surface area contributed by atoms with E-state index < -0.39 is 5.97 Å². The molecule has 0 saturated carbocycles. The fourth-order valence-corrected chi connectivity index (χ4v) is 4.97. The van der Waals surface area contributed by atoms with Crippen LogP contribution in [0.5, 0.6) is 11.5 Å². The summed E-state index contributed by atoms with van der Waals surface area (Å²) in [4.78, 5) is 39.6. The molecule has 6 nitrogen and oxygen atoms in total. The van der Waals surface area contributed by atoms with Crippen LogP contribution in [0, 0.1) is 10.5 Å². The number of nitrogens with zero attached hydrogens (tertiary/aromatic N) is 1. The minimum atomic E-state index is -0.498. The van der Waals surface area contributed by atoms with E-state index in [1.165, 1.54) is 12.0 Å². The maximum absolute atomic E-state index is 13.0. The highest BCUT2D eigenvalue weighted by Crippen LogP contribution is 2.38. The average molecular weight is 585 g/mol. The van der Waals surface area contributed by atoms with Gasteiger partial charge in [-0.15, -0.1) is 0 Å². The number of ether oxygens (including phenoxy) is 2. The van der Waals surface area contributed by atoms with E-state index in [9.17, 15) is 14.4 Å². The molecular formula is C26H20INO5S. The maximum atomic E-state index is 13.0. The fraction of sp³-hybridized carbons (Fsp3) is 0.115. The van der Waals surface area contributed by atoms with Gasteiger partial charge in [-0.05, 0) is 88.3 Å². The first-order valence-electron chi connectivity index (χ1n) is 10.3. The number of carbonyl (C=O) groups excluding carboxylic acids is 3. The quantitative estimate of drug-likeness (QED) is 0.152. The van der Waals surface area contributed by atoms with Crippen LogP contribution in [0.1, 0.15) is 27.0 Å². The highest BCUT2D eigenvalue weighted by atomic mass is 127. The van der Waals surface area contributed by atoms with E-state index in [1.807, 2.05) is 37.3 Å². The van der Waals surface area contributed by atoms with Gasteiger partial charge in [-0.3, -0.25) is 14.5 Å². The Morgan fingerprint density at radius 3 is 2.47 bits per heavy atom. The van der Waals surface area contributed by atoms with Crippen LogP contribution < -0.4 is 9.47 Å². The molecule has 1 heterocycles. The number of hydrogen-bond acceptors (Lipinski definition) is 6. The fourth-order valence-electron chi connectivity index (χ4n) is 3.39. The minimum absolute atomic E-state index is 0.226. The van der Waals surface area contributed by atoms with Crippen molar-refractivity contribution in [2.24, 2.45) is 0 Å². The number of benzene rings is 3. The van der Waals surface area contributed by atoms with E-state index in [2.05, 4.69) is 22.6 Å². The van der Waals surface area contributed by atoms with Gasteiger partial charge in [0.25, 0.3) is 11.1 Å². The van der Waals surface area contributed by atoms with Gasteiger partial charge >= 0.3 is 5.97 Å². The number of aryl methyl sites for hydroxylation is 1. The van der Waals surface area contributed by atoms with Gasteiger partial charge in [0.1, 0.15) is 0 Å². The first-order chi connectivity index (χ1) is 16.4. The summed E-state index contributed by atoms with van der Waals surface area (Å²) in [6.07, 6.45) is 1.65. The third-order valence-corrected chi connectivity index (χ3v) is 6.93. The van der Waals surface area contributed by atoms with Gasteiger partial charge in [-0.25, -0.2) is 4.79 Å². The largest absolute Gasteiger partial charge is 0.493 e. The summed E-state index contributed by atoms with van der Waals surface area (Å²) in [5.74, 6) is -0.197. The molecule has 1 aliphatic heterocycles. The van der Waals surface area contributed by atoms with Gasteiger partial charge in [-0.1, -0.05) is 42.5 Å². The number of rotatable bonds is 6. The second kappa shape index (κ2) is 10.4. The molecule has 172 valence electrons. The van der Waals surface area contributed by atoms with Crippen LogP contribution in [0.15, 0.2) is 71.6 Å². The van der Waals surface area contributed by atoms with E-state index in [-0.39, 0.29) is 17.7 Å². The van der Waals surface area contributed by atoms with Gasteiger partial charge in [0.2, 0.25) is 0 Å². The number of methoxy groups -OCH3 is 1. The zero-order valence-corrected chi connectivity index (χ0v) is 21.4. The normalized spacial score (nSPS) is 14.6. The molecule has 34 heavy (non-hydrogen) atoms. The van der Waals surface area contributed by atoms with Crippen LogP contribution in [-0.4, -0.2) is 29.1 Å². The summed E-state index contributed by atoms with van der Waals surface area (Å²) in [6, 6.07) is 19.8. The highest BCUT2D eigenvalue weighted by Gasteiger charge is 2.35. The Bertz CT molecular complexity index is 1310. The molecule has 8 heteroatoms. The third-order valence-electron chi connectivity index (χ3n) is 5.22. The molecular weight excluding hydrogens is 565 g/mol. The maximum Gasteiger partial charge on any atom is 0.343 e. The second-order valence-corrected chi connectivity index (χ2v) is 9.64. The van der Waals surface area contributed by atoms with Crippen molar-refractivity contribution in [3.8, 4) is 11.5 Å². The summed E-state index contributed by atoms with van der Waals surface area (Å²) in [6.45, 7) is 2.18. The molecule has 0 aliphatic carbocycles. The molecule has 0 atom stereocenters. The van der Waals surface area contributed by atoms with Gasteiger partial charge in [0.15, 0.2) is 11.5 Å². The first kappa shape index (κ1) is 24.0. The zero-order valence-electron chi connectivity index (χ0n) is 18.4. The molecule has 3 aromatic rings. The Hall–Kier alpha value is -3.11. The van der Waals surface area contributed by atoms with E-state index in [0.717, 1.165) is 22.9 Å². The van der Waals surface area contributed by atoms with Crippen molar-refractivity contribution in [3.63, 3.8) is 0 Å². The van der Waals surface area contributed by atoms with Gasteiger partial charge in [-0.2, -0.15) is 0 Å². The SMILES string of the molecule is COc1cc(/C=C2\SC(=O)N(Cc3ccccc3C)C2=O)cc(I)c1OC(=O)c1ccccc1. The molecule has 0 N–H and O–H groups in total. The summed E-state index contributed by atoms with van der Waals surface area (Å²) >= 11 is 2.95. The summed E-state index contributed by atoms with van der Waals surface area (Å²) < 4.78 is 11.7. The number of hydrogen-bond donors (Lipinski definition) is 0. The molecule has 2 amide bonds. The molecule has 0 unspecified atom stereocenters. The van der Waals surface area contributed by atoms with Crippen LogP contribution in [0.4, 0.5) is 4.79 Å². The molecule has 1 fully saturated rings. The van der Waals surface area contributed by atoms with Crippen LogP contribution in [0.2, 0.25) is 0 Å². The standard InChI is InChI=1S/C26H20INO5S/c1-16-8-6-7-11-19(16)15-28-24(29)22(34-26(28)31)14-17-12-20(27)23(21(13-17)32-2)33-25(30)18-9-4-3-5-10-18/h3-14H,15H2,1-2H3/b22-14-. The molecule has 0 aromatic heterocycles. The third kappa shape index (κ3) is 5.18. The van der Waals surface area contributed by atoms with Crippen molar-refractivity contribution in [1.82, 2.24) is 4.90 Å². The first-order valence-corrected chi connectivity index (χ1v) is 12.2. The lowest BCUT2D eigenvalue weighted by atomic mass is 10.1. The lowest BCUT2D eigenvalue weighted by Gasteiger charge is -2.14. The van der Waals surface area contributed by atoms with Crippen LogP contribution in [0.25, 0.3) is 6.08 Å². The Morgan fingerprint density at radius 1 is 1.06 bits per heavy atom. The number of amides is 2. The molecule has 0 bridgehead atoms. The number of halogens is 1. The lowest BCUT2D eigenvalue weighted by molar-refractivity contribution is -0.123. The Morgan fingerprint density at radius 2 is 1.76 bits per heavy atom. The number of carbonyl (C=O) groups is 3. The average Bonchev–Trinajstić information content (AvgIpc) is 3.09. The van der Waals surface area contributed by atoms with Crippen molar-refractivity contribution in [1.29, 1.82) is 0 Å². The minimum Gasteiger partial charge on any atom is -0.493 e. The summed E-state index contributed by atoms with van der Waals surface area (Å²) in [5, 5.41) is -0.311.